The van der Waals surface area contributed by atoms with Crippen LogP contribution in [0.25, 0.3) is 33.1 Å². The van der Waals surface area contributed by atoms with Crippen molar-refractivity contribution < 1.29 is 19.4 Å². The number of carboxylic acid groups (broad SMARTS) is 1. The molecule has 4 aromatic rings. The number of para-hydroxylation sites is 1. The van der Waals surface area contributed by atoms with Crippen LogP contribution in [-0.2, 0) is 0 Å². The van der Waals surface area contributed by atoms with Gasteiger partial charge in [-0.15, -0.1) is 0 Å². The number of methoxy groups -OCH3 is 2. The molecule has 0 saturated heterocycles. The number of carbonyl (C=O) groups is 1. The number of pyridine rings is 1. The fourth-order valence-electron chi connectivity index (χ4n) is 3.11. The molecule has 0 spiro atoms. The molecule has 6 nitrogen and oxygen atoms in total. The molecule has 0 aliphatic rings. The van der Waals surface area contributed by atoms with Gasteiger partial charge in [0.05, 0.1) is 25.4 Å². The van der Waals surface area contributed by atoms with E-state index in [1.807, 2.05) is 24.3 Å². The van der Waals surface area contributed by atoms with Crippen molar-refractivity contribution in [3.05, 3.63) is 54.2 Å². The van der Waals surface area contributed by atoms with Crippen LogP contribution in [0.4, 0.5) is 0 Å². The van der Waals surface area contributed by atoms with E-state index in [4.69, 9.17) is 9.47 Å². The number of aromatic carboxylic acids is 1. The van der Waals surface area contributed by atoms with Gasteiger partial charge in [-0.2, -0.15) is 0 Å². The summed E-state index contributed by atoms with van der Waals surface area (Å²) in [5.41, 5.74) is 2.92. The first kappa shape index (κ1) is 16.0. The van der Waals surface area contributed by atoms with Gasteiger partial charge in [-0.3, -0.25) is 0 Å². The van der Waals surface area contributed by atoms with Crippen LogP contribution in [0, 0.1) is 0 Å². The van der Waals surface area contributed by atoms with Crippen molar-refractivity contribution >= 4 is 27.8 Å². The highest BCUT2D eigenvalue weighted by molar-refractivity contribution is 6.12. The number of hydrogen-bond acceptors (Lipinski definition) is 4. The number of carboxylic acids is 1. The van der Waals surface area contributed by atoms with Gasteiger partial charge in [-0.25, -0.2) is 9.78 Å². The fourth-order valence-corrected chi connectivity index (χ4v) is 3.11. The lowest BCUT2D eigenvalue weighted by atomic mass is 10.1. The van der Waals surface area contributed by atoms with Crippen molar-refractivity contribution in [2.45, 2.75) is 0 Å². The number of H-pyrrole nitrogens is 1. The second kappa shape index (κ2) is 6.07. The van der Waals surface area contributed by atoms with Gasteiger partial charge in [-0.05, 0) is 24.3 Å². The summed E-state index contributed by atoms with van der Waals surface area (Å²) in [6.07, 6.45) is 0. The summed E-state index contributed by atoms with van der Waals surface area (Å²) in [4.78, 5) is 19.3. The maximum Gasteiger partial charge on any atom is 0.354 e. The Hall–Kier alpha value is -3.54. The Morgan fingerprint density at radius 2 is 1.69 bits per heavy atom. The number of rotatable bonds is 4. The third kappa shape index (κ3) is 2.52. The highest BCUT2D eigenvalue weighted by Crippen LogP contribution is 2.35. The van der Waals surface area contributed by atoms with E-state index in [1.54, 1.807) is 38.5 Å². The molecule has 130 valence electrons. The first-order chi connectivity index (χ1) is 12.6. The fraction of sp³-hybridized carbons (Fsp3) is 0.100. The maximum atomic E-state index is 11.6. The quantitative estimate of drug-likeness (QED) is 0.580. The van der Waals surface area contributed by atoms with Gasteiger partial charge in [0.2, 0.25) is 0 Å². The van der Waals surface area contributed by atoms with Crippen molar-refractivity contribution in [2.75, 3.05) is 14.2 Å². The van der Waals surface area contributed by atoms with Gasteiger partial charge in [0.25, 0.3) is 0 Å². The van der Waals surface area contributed by atoms with Gasteiger partial charge in [-0.1, -0.05) is 18.2 Å². The zero-order valence-electron chi connectivity index (χ0n) is 14.2. The van der Waals surface area contributed by atoms with Crippen LogP contribution < -0.4 is 9.47 Å². The molecule has 6 heteroatoms. The molecule has 0 unspecified atom stereocenters. The molecule has 0 radical (unpaired) electrons. The molecular weight excluding hydrogens is 332 g/mol. The summed E-state index contributed by atoms with van der Waals surface area (Å²) >= 11 is 0. The number of nitrogens with zero attached hydrogens (tertiary/aromatic N) is 1. The van der Waals surface area contributed by atoms with Gasteiger partial charge in [0.15, 0.2) is 0 Å². The number of nitrogens with one attached hydrogen (secondary N) is 1. The molecular formula is C20H16N2O4. The Balaban J connectivity index is 2.10. The second-order valence-electron chi connectivity index (χ2n) is 5.86. The van der Waals surface area contributed by atoms with Crippen molar-refractivity contribution in [3.63, 3.8) is 0 Å². The summed E-state index contributed by atoms with van der Waals surface area (Å²) in [7, 11) is 3.14. The minimum Gasteiger partial charge on any atom is -0.497 e. The molecule has 0 aliphatic heterocycles. The molecule has 0 fully saturated rings. The van der Waals surface area contributed by atoms with E-state index in [0.717, 1.165) is 21.8 Å². The molecule has 2 aromatic carbocycles. The van der Waals surface area contributed by atoms with Crippen LogP contribution in [0.1, 0.15) is 10.5 Å². The molecule has 26 heavy (non-hydrogen) atoms. The molecule has 2 aromatic heterocycles. The van der Waals surface area contributed by atoms with Crippen molar-refractivity contribution in [1.29, 1.82) is 0 Å². The maximum absolute atomic E-state index is 11.6. The zero-order valence-corrected chi connectivity index (χ0v) is 14.2. The van der Waals surface area contributed by atoms with E-state index in [0.29, 0.717) is 22.8 Å². The van der Waals surface area contributed by atoms with E-state index in [9.17, 15) is 9.90 Å². The van der Waals surface area contributed by atoms with Crippen LogP contribution in [0.3, 0.4) is 0 Å². The van der Waals surface area contributed by atoms with Crippen LogP contribution in [-0.4, -0.2) is 35.3 Å². The lowest BCUT2D eigenvalue weighted by Crippen LogP contribution is -2.02. The summed E-state index contributed by atoms with van der Waals surface area (Å²) in [5, 5.41) is 11.3. The molecule has 0 saturated carbocycles. The molecule has 0 amide bonds. The van der Waals surface area contributed by atoms with Gasteiger partial charge in [0, 0.05) is 27.9 Å². The minimum absolute atomic E-state index is 0.0148. The molecule has 2 heterocycles. The summed E-state index contributed by atoms with van der Waals surface area (Å²) in [6.45, 7) is 0. The largest absolute Gasteiger partial charge is 0.497 e. The Morgan fingerprint density at radius 1 is 1.00 bits per heavy atom. The Kier molecular flexibility index (Phi) is 3.73. The SMILES string of the molecule is COc1cc(OC)cc(-c2nc(C(=O)O)cc3c2[nH]c2ccccc23)c1. The van der Waals surface area contributed by atoms with E-state index in [-0.39, 0.29) is 5.69 Å². The predicted molar refractivity (Wildman–Crippen MR) is 99.1 cm³/mol. The van der Waals surface area contributed by atoms with Gasteiger partial charge < -0.3 is 19.6 Å². The van der Waals surface area contributed by atoms with Crippen molar-refractivity contribution in [3.8, 4) is 22.8 Å². The van der Waals surface area contributed by atoms with Gasteiger partial charge in [0.1, 0.15) is 17.2 Å². The highest BCUT2D eigenvalue weighted by Gasteiger charge is 2.17. The third-order valence-electron chi connectivity index (χ3n) is 4.34. The van der Waals surface area contributed by atoms with Crippen LogP contribution in [0.15, 0.2) is 48.5 Å². The second-order valence-corrected chi connectivity index (χ2v) is 5.86. The normalized spacial score (nSPS) is 11.0. The lowest BCUT2D eigenvalue weighted by Gasteiger charge is -2.10. The van der Waals surface area contributed by atoms with E-state index >= 15 is 0 Å². The monoisotopic (exact) mass is 348 g/mol. The zero-order chi connectivity index (χ0) is 18.3. The Morgan fingerprint density at radius 3 is 2.35 bits per heavy atom. The van der Waals surface area contributed by atoms with Crippen molar-refractivity contribution in [1.82, 2.24) is 9.97 Å². The minimum atomic E-state index is -1.08. The predicted octanol–water partition coefficient (Wildman–Crippen LogP) is 4.10. The lowest BCUT2D eigenvalue weighted by molar-refractivity contribution is 0.0691. The number of aromatic nitrogens is 2. The molecule has 0 atom stereocenters. The standard InChI is InChI=1S/C20H16N2O4/c1-25-12-7-11(8-13(9-12)26-2)18-19-15(10-17(22-18)20(23)24)14-5-3-4-6-16(14)21-19/h3-10,21H,1-2H3,(H,23,24). The van der Waals surface area contributed by atoms with Gasteiger partial charge >= 0.3 is 5.97 Å². The topological polar surface area (TPSA) is 84.4 Å². The first-order valence-corrected chi connectivity index (χ1v) is 7.99. The number of aromatic amines is 1. The highest BCUT2D eigenvalue weighted by atomic mass is 16.5. The van der Waals surface area contributed by atoms with E-state index in [1.165, 1.54) is 0 Å². The summed E-state index contributed by atoms with van der Waals surface area (Å²) < 4.78 is 10.7. The number of fused-ring (bicyclic) bond motifs is 3. The Labute approximate surface area is 149 Å². The summed E-state index contributed by atoms with van der Waals surface area (Å²) in [5.74, 6) is 0.130. The smallest absolute Gasteiger partial charge is 0.354 e. The van der Waals surface area contributed by atoms with Crippen molar-refractivity contribution in [2.24, 2.45) is 0 Å². The Bertz CT molecular complexity index is 1130. The average molecular weight is 348 g/mol. The van der Waals surface area contributed by atoms with E-state index < -0.39 is 5.97 Å². The molecule has 2 N–H and O–H groups in total. The average Bonchev–Trinajstić information content (AvgIpc) is 3.05. The molecule has 0 aliphatic carbocycles. The molecule has 4 rings (SSSR count). The van der Waals surface area contributed by atoms with Crippen LogP contribution in [0.2, 0.25) is 0 Å². The number of benzene rings is 2. The van der Waals surface area contributed by atoms with E-state index in [2.05, 4.69) is 9.97 Å². The number of ether oxygens (including phenoxy) is 2. The first-order valence-electron chi connectivity index (χ1n) is 7.99. The summed E-state index contributed by atoms with van der Waals surface area (Å²) in [6, 6.07) is 14.7. The third-order valence-corrected chi connectivity index (χ3v) is 4.34. The van der Waals surface area contributed by atoms with Crippen LogP contribution >= 0.6 is 0 Å². The number of hydrogen-bond donors (Lipinski definition) is 2. The van der Waals surface area contributed by atoms with Crippen LogP contribution in [0.5, 0.6) is 11.5 Å². The molecule has 0 bridgehead atoms.